The monoisotopic (exact) mass is 636 g/mol. The highest BCUT2D eigenvalue weighted by Crippen LogP contribution is 2.42. The molecule has 44 heavy (non-hydrogen) atoms. The molecule has 1 aliphatic heterocycles. The Labute approximate surface area is 260 Å². The topological polar surface area (TPSA) is 152 Å². The third kappa shape index (κ3) is 6.02. The number of nitrogens with one attached hydrogen (secondary N) is 1. The number of sulfone groups is 1. The molecule has 5 rings (SSSR count). The molecule has 1 saturated heterocycles. The van der Waals surface area contributed by atoms with E-state index >= 15 is 0 Å². The van der Waals surface area contributed by atoms with E-state index in [9.17, 15) is 23.1 Å². The molecule has 0 aliphatic carbocycles. The van der Waals surface area contributed by atoms with Crippen molar-refractivity contribution in [2.24, 2.45) is 5.92 Å². The van der Waals surface area contributed by atoms with E-state index in [1.165, 1.54) is 17.9 Å². The third-order valence-corrected chi connectivity index (χ3v) is 10.0. The Kier molecular flexibility index (Phi) is 8.98. The molecular weight excluding hydrogens is 604 g/mol. The number of hydrogen-bond donors (Lipinski definition) is 3. The highest BCUT2D eigenvalue weighted by atomic mass is 35.5. The van der Waals surface area contributed by atoms with Gasteiger partial charge in [-0.2, -0.15) is 0 Å². The number of ether oxygens (including phenoxy) is 1. The van der Waals surface area contributed by atoms with Crippen molar-refractivity contribution in [3.8, 4) is 5.75 Å². The zero-order valence-electron chi connectivity index (χ0n) is 24.2. The van der Waals surface area contributed by atoms with Crippen LogP contribution in [0.4, 0.5) is 11.5 Å². The van der Waals surface area contributed by atoms with Crippen LogP contribution in [0.15, 0.2) is 77.8 Å². The first-order valence-corrected chi connectivity index (χ1v) is 16.3. The first-order chi connectivity index (χ1) is 21.1. The normalized spacial score (nSPS) is 17.4. The SMILES string of the molecule is CCOc1cc([C@@H](Nc2ccc3c(N)nccc3c2)C(=O)N2CCC(C(=O)O)C2c2ccccc2S(=O)(=O)CC)ccc1Cl. The molecule has 0 spiro atoms. The number of carboxylic acid groups (broad SMARTS) is 1. The van der Waals surface area contributed by atoms with Gasteiger partial charge in [-0.25, -0.2) is 13.4 Å². The van der Waals surface area contributed by atoms with Crippen LogP contribution in [0, 0.1) is 5.92 Å². The van der Waals surface area contributed by atoms with Crippen molar-refractivity contribution in [1.29, 1.82) is 0 Å². The first kappa shape index (κ1) is 31.1. The second-order valence-electron chi connectivity index (χ2n) is 10.5. The molecule has 1 amide bonds. The number of rotatable bonds is 10. The number of carbonyl (C=O) groups excluding carboxylic acids is 1. The van der Waals surface area contributed by atoms with Gasteiger partial charge in [0.05, 0.1) is 34.2 Å². The van der Waals surface area contributed by atoms with Gasteiger partial charge in [0.15, 0.2) is 9.84 Å². The number of aliphatic carboxylic acids is 1. The van der Waals surface area contributed by atoms with E-state index in [0.717, 1.165) is 10.8 Å². The predicted molar refractivity (Wildman–Crippen MR) is 170 cm³/mol. The highest BCUT2D eigenvalue weighted by Gasteiger charge is 2.45. The van der Waals surface area contributed by atoms with E-state index in [1.54, 1.807) is 54.7 Å². The minimum atomic E-state index is -3.72. The molecule has 0 saturated carbocycles. The van der Waals surface area contributed by atoms with Gasteiger partial charge in [0.25, 0.3) is 0 Å². The summed E-state index contributed by atoms with van der Waals surface area (Å²) in [5.74, 6) is -1.94. The first-order valence-electron chi connectivity index (χ1n) is 14.2. The Bertz CT molecular complexity index is 1830. The lowest BCUT2D eigenvalue weighted by Crippen LogP contribution is -2.39. The number of aromatic nitrogens is 1. The maximum atomic E-state index is 14.6. The second kappa shape index (κ2) is 12.7. The summed E-state index contributed by atoms with van der Waals surface area (Å²) in [7, 11) is -3.72. The number of carbonyl (C=O) groups is 2. The van der Waals surface area contributed by atoms with E-state index in [0.29, 0.717) is 34.4 Å². The largest absolute Gasteiger partial charge is 0.492 e. The Morgan fingerprint density at radius 1 is 1.14 bits per heavy atom. The highest BCUT2D eigenvalue weighted by molar-refractivity contribution is 7.91. The van der Waals surface area contributed by atoms with Crippen LogP contribution in [-0.4, -0.2) is 54.2 Å². The average Bonchev–Trinajstić information content (AvgIpc) is 3.47. The summed E-state index contributed by atoms with van der Waals surface area (Å²) in [6.07, 6.45) is 1.76. The molecule has 3 aromatic carbocycles. The molecule has 0 bridgehead atoms. The molecule has 12 heteroatoms. The van der Waals surface area contributed by atoms with Crippen molar-refractivity contribution in [3.05, 3.63) is 89.1 Å². The minimum Gasteiger partial charge on any atom is -0.492 e. The molecule has 1 aliphatic rings. The van der Waals surface area contributed by atoms with E-state index in [-0.39, 0.29) is 29.2 Å². The van der Waals surface area contributed by atoms with Crippen LogP contribution in [-0.2, 0) is 19.4 Å². The molecule has 2 heterocycles. The van der Waals surface area contributed by atoms with Crippen LogP contribution < -0.4 is 15.8 Å². The number of halogens is 1. The summed E-state index contributed by atoms with van der Waals surface area (Å²) in [4.78, 5) is 32.7. The number of nitrogens with zero attached hydrogens (tertiary/aromatic N) is 2. The van der Waals surface area contributed by atoms with Crippen molar-refractivity contribution >= 4 is 55.6 Å². The van der Waals surface area contributed by atoms with E-state index in [1.807, 2.05) is 19.1 Å². The number of fused-ring (bicyclic) bond motifs is 1. The van der Waals surface area contributed by atoms with Crippen LogP contribution in [0.3, 0.4) is 0 Å². The number of anilines is 2. The van der Waals surface area contributed by atoms with Crippen molar-refractivity contribution in [2.75, 3.05) is 30.0 Å². The summed E-state index contributed by atoms with van der Waals surface area (Å²) in [6, 6.07) is 16.6. The van der Waals surface area contributed by atoms with Gasteiger partial charge in [-0.15, -0.1) is 0 Å². The van der Waals surface area contributed by atoms with Crippen LogP contribution in [0.25, 0.3) is 10.8 Å². The summed E-state index contributed by atoms with van der Waals surface area (Å²) in [5.41, 5.74) is 7.46. The lowest BCUT2D eigenvalue weighted by Gasteiger charge is -2.32. The van der Waals surface area contributed by atoms with Gasteiger partial charge in [0, 0.05) is 23.8 Å². The fourth-order valence-electron chi connectivity index (χ4n) is 5.72. The van der Waals surface area contributed by atoms with Crippen molar-refractivity contribution < 1.29 is 27.9 Å². The second-order valence-corrected chi connectivity index (χ2v) is 13.1. The van der Waals surface area contributed by atoms with Gasteiger partial charge in [-0.3, -0.25) is 9.59 Å². The predicted octanol–water partition coefficient (Wildman–Crippen LogP) is 5.49. The van der Waals surface area contributed by atoms with Gasteiger partial charge in [0.2, 0.25) is 5.91 Å². The van der Waals surface area contributed by atoms with Crippen LogP contribution in [0.5, 0.6) is 5.75 Å². The number of carboxylic acids is 1. The number of pyridine rings is 1. The summed E-state index contributed by atoms with van der Waals surface area (Å²) >= 11 is 6.38. The average molecular weight is 637 g/mol. The Balaban J connectivity index is 1.62. The van der Waals surface area contributed by atoms with Crippen molar-refractivity contribution in [2.45, 2.75) is 37.2 Å². The third-order valence-electron chi connectivity index (χ3n) is 7.89. The summed E-state index contributed by atoms with van der Waals surface area (Å²) in [5, 5.41) is 15.4. The molecule has 0 radical (unpaired) electrons. The molecule has 1 fully saturated rings. The maximum absolute atomic E-state index is 14.6. The number of nitrogen functional groups attached to an aromatic ring is 1. The Morgan fingerprint density at radius 3 is 2.64 bits per heavy atom. The number of nitrogens with two attached hydrogens (primary N) is 1. The molecule has 4 N–H and O–H groups in total. The lowest BCUT2D eigenvalue weighted by atomic mass is 9.93. The van der Waals surface area contributed by atoms with Gasteiger partial charge in [0.1, 0.15) is 17.6 Å². The number of amides is 1. The van der Waals surface area contributed by atoms with E-state index < -0.39 is 39.7 Å². The fraction of sp³-hybridized carbons (Fsp3) is 0.281. The lowest BCUT2D eigenvalue weighted by molar-refractivity contribution is -0.143. The standard InChI is InChI=1S/C32H33ClN4O6S/c1-3-43-26-18-20(9-12-25(26)33)28(36-21-10-11-22-19(17-21)13-15-35-30(22)34)31(38)37-16-14-24(32(39)40)29(37)23-7-5-6-8-27(23)44(41,42)4-2/h5-13,15,17-18,24,28-29,36H,3-4,14,16H2,1-2H3,(H2,34,35)(H,39,40)/t24?,28-,29?/m1/s1. The molecule has 1 aromatic heterocycles. The van der Waals surface area contributed by atoms with Crippen LogP contribution in [0.2, 0.25) is 5.02 Å². The number of benzene rings is 3. The van der Waals surface area contributed by atoms with Gasteiger partial charge in [-0.1, -0.05) is 42.8 Å². The van der Waals surface area contributed by atoms with E-state index in [2.05, 4.69) is 10.3 Å². The molecule has 10 nitrogen and oxygen atoms in total. The number of hydrogen-bond acceptors (Lipinski definition) is 8. The summed E-state index contributed by atoms with van der Waals surface area (Å²) < 4.78 is 31.9. The molecular formula is C32H33ClN4O6S. The Hall–Kier alpha value is -4.35. The molecule has 2 unspecified atom stereocenters. The Morgan fingerprint density at radius 2 is 1.91 bits per heavy atom. The van der Waals surface area contributed by atoms with Crippen LogP contribution >= 0.6 is 11.6 Å². The fourth-order valence-corrected chi connectivity index (χ4v) is 7.04. The van der Waals surface area contributed by atoms with Gasteiger partial charge < -0.3 is 25.8 Å². The number of likely N-dealkylation sites (tertiary alicyclic amines) is 1. The maximum Gasteiger partial charge on any atom is 0.309 e. The quantitative estimate of drug-likeness (QED) is 0.205. The zero-order chi connectivity index (χ0) is 31.6. The smallest absolute Gasteiger partial charge is 0.309 e. The van der Waals surface area contributed by atoms with Crippen molar-refractivity contribution in [3.63, 3.8) is 0 Å². The van der Waals surface area contributed by atoms with Crippen LogP contribution in [0.1, 0.15) is 43.5 Å². The minimum absolute atomic E-state index is 0.0220. The summed E-state index contributed by atoms with van der Waals surface area (Å²) in [6.45, 7) is 3.82. The van der Waals surface area contributed by atoms with Crippen molar-refractivity contribution in [1.82, 2.24) is 9.88 Å². The molecule has 4 aromatic rings. The van der Waals surface area contributed by atoms with Gasteiger partial charge >= 0.3 is 5.97 Å². The molecule has 3 atom stereocenters. The van der Waals surface area contributed by atoms with E-state index in [4.69, 9.17) is 22.1 Å². The molecule has 230 valence electrons. The van der Waals surface area contributed by atoms with Gasteiger partial charge in [-0.05, 0) is 72.3 Å². The zero-order valence-corrected chi connectivity index (χ0v) is 25.8.